The fourth-order valence-corrected chi connectivity index (χ4v) is 2.83. The minimum absolute atomic E-state index is 0. The van der Waals surface area contributed by atoms with Crippen molar-refractivity contribution in [3.05, 3.63) is 40.9 Å². The molecule has 3 N–H and O–H groups in total. The number of rotatable bonds is 4. The van der Waals surface area contributed by atoms with Gasteiger partial charge in [0.05, 0.1) is 23.8 Å². The molecule has 1 heterocycles. The number of nitrogens with zero attached hydrogens (tertiary/aromatic N) is 1. The molecule has 0 saturated carbocycles. The van der Waals surface area contributed by atoms with Crippen LogP contribution >= 0.6 is 23.7 Å². The number of nitrogens with one attached hydrogen (secondary N) is 1. The molecule has 1 aromatic heterocycles. The zero-order valence-corrected chi connectivity index (χ0v) is 16.2. The summed E-state index contributed by atoms with van der Waals surface area (Å²) in [4.78, 5) is 16.4. The smallest absolute Gasteiger partial charge is 0.349 e. The highest BCUT2D eigenvalue weighted by Gasteiger charge is 2.30. The van der Waals surface area contributed by atoms with E-state index in [0.717, 1.165) is 12.1 Å². The van der Waals surface area contributed by atoms with Crippen LogP contribution in [0.5, 0.6) is 0 Å². The van der Waals surface area contributed by atoms with Gasteiger partial charge in [0.25, 0.3) is 0 Å². The van der Waals surface area contributed by atoms with Gasteiger partial charge in [0.2, 0.25) is 5.91 Å². The van der Waals surface area contributed by atoms with Gasteiger partial charge < -0.3 is 11.1 Å². The molecule has 0 aliphatic rings. The normalized spacial score (nSPS) is 13.0. The second-order valence-corrected chi connectivity index (χ2v) is 7.64. The van der Waals surface area contributed by atoms with E-state index in [-0.39, 0.29) is 30.3 Å². The molecule has 1 aromatic carbocycles. The first-order chi connectivity index (χ1) is 11.5. The Morgan fingerprint density at radius 3 is 2.31 bits per heavy atom. The van der Waals surface area contributed by atoms with E-state index in [4.69, 9.17) is 5.73 Å². The van der Waals surface area contributed by atoms with Crippen LogP contribution in [0.3, 0.4) is 0 Å². The van der Waals surface area contributed by atoms with Crippen LogP contribution in [0.1, 0.15) is 32.0 Å². The molecule has 4 nitrogen and oxygen atoms in total. The maximum atomic E-state index is 12.6. The highest BCUT2D eigenvalue weighted by atomic mass is 35.5. The standard InChI is InChI=1S/C17H20F3N3OS.ClH/c1-16(2,3)13(21)14(24)22-8-12-9-25-15(23-12)10-4-6-11(7-5-10)17(18,19)20;/h4-7,9,13H,8,21H2,1-3H3,(H,22,24);1H/t13-;/m1./s1. The van der Waals surface area contributed by atoms with Gasteiger partial charge in [0.15, 0.2) is 0 Å². The third-order valence-electron chi connectivity index (χ3n) is 3.67. The van der Waals surface area contributed by atoms with Crippen LogP contribution in [0.25, 0.3) is 10.6 Å². The van der Waals surface area contributed by atoms with Crippen molar-refractivity contribution in [1.29, 1.82) is 0 Å². The molecule has 0 saturated heterocycles. The quantitative estimate of drug-likeness (QED) is 0.796. The number of carbonyl (C=O) groups excluding carboxylic acids is 1. The lowest BCUT2D eigenvalue weighted by molar-refractivity contribution is -0.137. The van der Waals surface area contributed by atoms with Gasteiger partial charge in [0, 0.05) is 10.9 Å². The monoisotopic (exact) mass is 407 g/mol. The van der Waals surface area contributed by atoms with Gasteiger partial charge in [-0.15, -0.1) is 23.7 Å². The number of amides is 1. The number of halogens is 4. The first-order valence-electron chi connectivity index (χ1n) is 7.64. The Bertz CT molecular complexity index is 739. The maximum absolute atomic E-state index is 12.6. The summed E-state index contributed by atoms with van der Waals surface area (Å²) >= 11 is 1.31. The highest BCUT2D eigenvalue weighted by molar-refractivity contribution is 7.13. The molecule has 0 aliphatic carbocycles. The lowest BCUT2D eigenvalue weighted by atomic mass is 9.87. The van der Waals surface area contributed by atoms with E-state index in [1.165, 1.54) is 23.5 Å². The first-order valence-corrected chi connectivity index (χ1v) is 8.52. The Labute approximate surface area is 160 Å². The molecule has 9 heteroatoms. The van der Waals surface area contributed by atoms with E-state index in [9.17, 15) is 18.0 Å². The van der Waals surface area contributed by atoms with Crippen molar-refractivity contribution >= 4 is 29.7 Å². The van der Waals surface area contributed by atoms with Gasteiger partial charge >= 0.3 is 6.18 Å². The Kier molecular flexibility index (Phi) is 7.21. The van der Waals surface area contributed by atoms with E-state index < -0.39 is 17.8 Å². The van der Waals surface area contributed by atoms with E-state index in [1.807, 2.05) is 20.8 Å². The maximum Gasteiger partial charge on any atom is 0.416 e. The van der Waals surface area contributed by atoms with Crippen LogP contribution in [0.4, 0.5) is 13.2 Å². The number of benzene rings is 1. The Morgan fingerprint density at radius 1 is 1.23 bits per heavy atom. The second kappa shape index (κ2) is 8.37. The van der Waals surface area contributed by atoms with Crippen LogP contribution in [-0.4, -0.2) is 16.9 Å². The van der Waals surface area contributed by atoms with Crippen LogP contribution in [0.2, 0.25) is 0 Å². The lowest BCUT2D eigenvalue weighted by Crippen LogP contribution is -2.48. The summed E-state index contributed by atoms with van der Waals surface area (Å²) in [6.07, 6.45) is -4.36. The highest BCUT2D eigenvalue weighted by Crippen LogP contribution is 2.31. The molecule has 26 heavy (non-hydrogen) atoms. The van der Waals surface area contributed by atoms with Crippen LogP contribution in [-0.2, 0) is 17.5 Å². The zero-order chi connectivity index (χ0) is 18.8. The predicted octanol–water partition coefficient (Wildman–Crippen LogP) is 4.24. The average Bonchev–Trinajstić information content (AvgIpc) is 2.99. The number of thiazole rings is 1. The van der Waals surface area contributed by atoms with Crippen LogP contribution < -0.4 is 11.1 Å². The molecule has 0 aliphatic heterocycles. The van der Waals surface area contributed by atoms with Crippen molar-refractivity contribution in [2.24, 2.45) is 11.1 Å². The Morgan fingerprint density at radius 2 is 1.81 bits per heavy atom. The molecule has 0 spiro atoms. The zero-order valence-electron chi connectivity index (χ0n) is 14.6. The largest absolute Gasteiger partial charge is 0.416 e. The van der Waals surface area contributed by atoms with Crippen LogP contribution in [0.15, 0.2) is 29.6 Å². The molecule has 144 valence electrons. The third kappa shape index (κ3) is 5.69. The molecule has 1 amide bonds. The minimum atomic E-state index is -4.36. The SMILES string of the molecule is CC(C)(C)[C@H](N)C(=O)NCc1csc(-c2ccc(C(F)(F)F)cc2)n1.Cl. The van der Waals surface area contributed by atoms with Gasteiger partial charge in [0.1, 0.15) is 5.01 Å². The van der Waals surface area contributed by atoms with Gasteiger partial charge in [-0.3, -0.25) is 4.79 Å². The number of alkyl halides is 3. The molecular formula is C17H21ClF3N3OS. The first kappa shape index (κ1) is 22.4. The molecule has 0 radical (unpaired) electrons. The van der Waals surface area contributed by atoms with E-state index >= 15 is 0 Å². The minimum Gasteiger partial charge on any atom is -0.349 e. The topological polar surface area (TPSA) is 68.0 Å². The van der Waals surface area contributed by atoms with Crippen LogP contribution in [0, 0.1) is 5.41 Å². The van der Waals surface area contributed by atoms with Crippen molar-refractivity contribution in [3.63, 3.8) is 0 Å². The van der Waals surface area contributed by atoms with E-state index in [0.29, 0.717) is 16.3 Å². The van der Waals surface area contributed by atoms with E-state index in [1.54, 1.807) is 5.38 Å². The van der Waals surface area contributed by atoms with E-state index in [2.05, 4.69) is 10.3 Å². The second-order valence-electron chi connectivity index (χ2n) is 6.78. The molecule has 0 unspecified atom stereocenters. The Balaban J connectivity index is 0.00000338. The summed E-state index contributed by atoms with van der Waals surface area (Å²) in [5.41, 5.74) is 6.07. The lowest BCUT2D eigenvalue weighted by Gasteiger charge is -2.25. The van der Waals surface area contributed by atoms with Crippen molar-refractivity contribution in [2.75, 3.05) is 0 Å². The van der Waals surface area contributed by atoms with Crippen molar-refractivity contribution in [2.45, 2.75) is 39.5 Å². The fourth-order valence-electron chi connectivity index (χ4n) is 2.00. The van der Waals surface area contributed by atoms with Gasteiger partial charge in [-0.25, -0.2) is 4.98 Å². The van der Waals surface area contributed by atoms with Crippen molar-refractivity contribution < 1.29 is 18.0 Å². The number of carbonyl (C=O) groups is 1. The summed E-state index contributed by atoms with van der Waals surface area (Å²) in [6, 6.07) is 4.20. The summed E-state index contributed by atoms with van der Waals surface area (Å²) in [5.74, 6) is -0.267. The number of hydrogen-bond acceptors (Lipinski definition) is 4. The molecule has 2 rings (SSSR count). The van der Waals surface area contributed by atoms with Crippen molar-refractivity contribution in [3.8, 4) is 10.6 Å². The van der Waals surface area contributed by atoms with Gasteiger partial charge in [-0.05, 0) is 17.5 Å². The summed E-state index contributed by atoms with van der Waals surface area (Å²) in [5, 5.41) is 5.09. The number of hydrogen-bond donors (Lipinski definition) is 2. The summed E-state index contributed by atoms with van der Waals surface area (Å²) < 4.78 is 37.8. The Hall–Kier alpha value is -1.64. The van der Waals surface area contributed by atoms with Crippen molar-refractivity contribution in [1.82, 2.24) is 10.3 Å². The summed E-state index contributed by atoms with van der Waals surface area (Å²) in [6.45, 7) is 5.86. The molecule has 1 atom stereocenters. The third-order valence-corrected chi connectivity index (χ3v) is 4.61. The predicted molar refractivity (Wildman–Crippen MR) is 99.1 cm³/mol. The molecular weight excluding hydrogens is 387 g/mol. The number of aromatic nitrogens is 1. The molecule has 0 bridgehead atoms. The molecule has 2 aromatic rings. The number of nitrogens with two attached hydrogens (primary N) is 1. The fraction of sp³-hybridized carbons (Fsp3) is 0.412. The summed E-state index contributed by atoms with van der Waals surface area (Å²) in [7, 11) is 0. The van der Waals surface area contributed by atoms with Gasteiger partial charge in [-0.1, -0.05) is 32.9 Å². The van der Waals surface area contributed by atoms with Gasteiger partial charge in [-0.2, -0.15) is 13.2 Å². The molecule has 0 fully saturated rings. The average molecular weight is 408 g/mol.